The molecule has 0 unspecified atom stereocenters. The maximum atomic E-state index is 12.0. The average Bonchev–Trinajstić information content (AvgIpc) is 2.37. The second-order valence-corrected chi connectivity index (χ2v) is 8.13. The third-order valence-corrected chi connectivity index (χ3v) is 5.13. The Kier molecular flexibility index (Phi) is 7.77. The fourth-order valence-electron chi connectivity index (χ4n) is 1.93. The van der Waals surface area contributed by atoms with Crippen molar-refractivity contribution in [1.82, 2.24) is 4.72 Å². The van der Waals surface area contributed by atoms with E-state index >= 15 is 0 Å². The number of benzene rings is 1. The summed E-state index contributed by atoms with van der Waals surface area (Å²) in [6, 6.07) is 6.69. The maximum absolute atomic E-state index is 12.0. The summed E-state index contributed by atoms with van der Waals surface area (Å²) in [5.74, 6) is 0.755. The highest BCUT2D eigenvalue weighted by molar-refractivity contribution is 9.10. The largest absolute Gasteiger partial charge is 0.240 e. The molecule has 0 heterocycles. The normalized spacial score (nSPS) is 12.0. The van der Waals surface area contributed by atoms with Crippen molar-refractivity contribution in [3.63, 3.8) is 0 Å². The number of nitrogens with one attached hydrogen (secondary N) is 1. The zero-order valence-corrected chi connectivity index (χ0v) is 14.6. The fourth-order valence-corrected chi connectivity index (χ4v) is 3.27. The summed E-state index contributed by atoms with van der Waals surface area (Å²) in [6.07, 6.45) is 5.64. The van der Waals surface area contributed by atoms with Crippen LogP contribution in [-0.2, 0) is 10.0 Å². The first-order valence-electron chi connectivity index (χ1n) is 7.17. The van der Waals surface area contributed by atoms with E-state index in [1.807, 2.05) is 0 Å². The highest BCUT2D eigenvalue weighted by Crippen LogP contribution is 2.14. The smallest absolute Gasteiger partial charge is 0.211 e. The number of halogens is 1. The van der Waals surface area contributed by atoms with Gasteiger partial charge in [-0.1, -0.05) is 55.5 Å². The van der Waals surface area contributed by atoms with Crippen LogP contribution < -0.4 is 4.72 Å². The van der Waals surface area contributed by atoms with Gasteiger partial charge < -0.3 is 0 Å². The molecule has 0 radical (unpaired) electrons. The molecular weight excluding hydrogens is 338 g/mol. The van der Waals surface area contributed by atoms with Crippen LogP contribution >= 0.6 is 15.9 Å². The molecule has 0 aliphatic rings. The summed E-state index contributed by atoms with van der Waals surface area (Å²) in [6.45, 7) is 4.97. The number of hydrogen-bond donors (Lipinski definition) is 1. The lowest BCUT2D eigenvalue weighted by Crippen LogP contribution is -2.24. The molecule has 1 rings (SSSR count). The third kappa shape index (κ3) is 6.86. The molecule has 0 aliphatic heterocycles. The highest BCUT2D eigenvalue weighted by Gasteiger charge is 2.12. The Balaban J connectivity index is 2.25. The van der Waals surface area contributed by atoms with Gasteiger partial charge in [0.25, 0.3) is 0 Å². The monoisotopic (exact) mass is 361 g/mol. The van der Waals surface area contributed by atoms with E-state index in [-0.39, 0.29) is 0 Å². The van der Waals surface area contributed by atoms with Crippen LogP contribution in [0.15, 0.2) is 33.6 Å². The number of unbranched alkanes of at least 4 members (excludes halogenated alkanes) is 3. The zero-order chi connectivity index (χ0) is 15.0. The van der Waals surface area contributed by atoms with Crippen molar-refractivity contribution >= 4 is 26.0 Å². The Morgan fingerprint density at radius 2 is 1.65 bits per heavy atom. The molecule has 1 N–H and O–H groups in total. The van der Waals surface area contributed by atoms with E-state index in [0.29, 0.717) is 11.4 Å². The lowest BCUT2D eigenvalue weighted by atomic mass is 10.0. The Bertz CT molecular complexity index is 483. The summed E-state index contributed by atoms with van der Waals surface area (Å²) in [5.41, 5.74) is 0. The predicted octanol–water partition coefficient (Wildman–Crippen LogP) is 4.33. The van der Waals surface area contributed by atoms with Crippen LogP contribution in [0.25, 0.3) is 0 Å². The van der Waals surface area contributed by atoms with Crippen LogP contribution in [0.5, 0.6) is 0 Å². The summed E-state index contributed by atoms with van der Waals surface area (Å²) >= 11 is 3.29. The van der Waals surface area contributed by atoms with Crippen LogP contribution in [0.2, 0.25) is 0 Å². The molecule has 0 spiro atoms. The highest BCUT2D eigenvalue weighted by atomic mass is 79.9. The summed E-state index contributed by atoms with van der Waals surface area (Å²) in [7, 11) is -3.35. The Hall–Kier alpha value is -0.390. The number of hydrogen-bond acceptors (Lipinski definition) is 2. The molecule has 0 saturated carbocycles. The van der Waals surface area contributed by atoms with Gasteiger partial charge in [0.15, 0.2) is 0 Å². The van der Waals surface area contributed by atoms with Crippen molar-refractivity contribution in [1.29, 1.82) is 0 Å². The van der Waals surface area contributed by atoms with Gasteiger partial charge in [-0.3, -0.25) is 0 Å². The SMILES string of the molecule is CC(C)CCCCCCNS(=O)(=O)c1ccc(Br)cc1. The molecule has 1 aromatic carbocycles. The predicted molar refractivity (Wildman–Crippen MR) is 87.3 cm³/mol. The van der Waals surface area contributed by atoms with Gasteiger partial charge in [0.2, 0.25) is 10.0 Å². The molecule has 0 fully saturated rings. The van der Waals surface area contributed by atoms with Crippen LogP contribution in [0.3, 0.4) is 0 Å². The van der Waals surface area contributed by atoms with Crippen LogP contribution in [-0.4, -0.2) is 15.0 Å². The van der Waals surface area contributed by atoms with Gasteiger partial charge in [0.1, 0.15) is 0 Å². The second-order valence-electron chi connectivity index (χ2n) is 5.45. The molecule has 3 nitrogen and oxygen atoms in total. The van der Waals surface area contributed by atoms with Crippen molar-refractivity contribution in [3.05, 3.63) is 28.7 Å². The van der Waals surface area contributed by atoms with Gasteiger partial charge in [-0.2, -0.15) is 0 Å². The quantitative estimate of drug-likeness (QED) is 0.665. The van der Waals surface area contributed by atoms with Crippen molar-refractivity contribution in [2.75, 3.05) is 6.54 Å². The van der Waals surface area contributed by atoms with Gasteiger partial charge in [-0.05, 0) is 36.6 Å². The van der Waals surface area contributed by atoms with E-state index in [4.69, 9.17) is 0 Å². The van der Waals surface area contributed by atoms with Crippen LogP contribution in [0.1, 0.15) is 46.0 Å². The summed E-state index contributed by atoms with van der Waals surface area (Å²) in [4.78, 5) is 0.320. The van der Waals surface area contributed by atoms with E-state index in [0.717, 1.165) is 23.2 Å². The first-order chi connectivity index (χ1) is 9.42. The molecular formula is C15H24BrNO2S. The van der Waals surface area contributed by atoms with Crippen molar-refractivity contribution in [3.8, 4) is 0 Å². The Labute approximate surface area is 131 Å². The van der Waals surface area contributed by atoms with Crippen molar-refractivity contribution < 1.29 is 8.42 Å². The van der Waals surface area contributed by atoms with E-state index in [1.54, 1.807) is 24.3 Å². The van der Waals surface area contributed by atoms with Gasteiger partial charge in [-0.15, -0.1) is 0 Å². The number of rotatable bonds is 9. The van der Waals surface area contributed by atoms with Gasteiger partial charge >= 0.3 is 0 Å². The molecule has 20 heavy (non-hydrogen) atoms. The standard InChI is InChI=1S/C15H24BrNO2S/c1-13(2)7-5-3-4-6-12-17-20(18,19)15-10-8-14(16)9-11-15/h8-11,13,17H,3-7,12H2,1-2H3. The van der Waals surface area contributed by atoms with Crippen LogP contribution in [0.4, 0.5) is 0 Å². The Morgan fingerprint density at radius 1 is 1.05 bits per heavy atom. The molecule has 0 aliphatic carbocycles. The van der Waals surface area contributed by atoms with Gasteiger partial charge in [0.05, 0.1) is 4.90 Å². The minimum atomic E-state index is -3.35. The van der Waals surface area contributed by atoms with Crippen molar-refractivity contribution in [2.24, 2.45) is 5.92 Å². The number of sulfonamides is 1. The first-order valence-corrected chi connectivity index (χ1v) is 9.44. The van der Waals surface area contributed by atoms with E-state index < -0.39 is 10.0 Å². The third-order valence-electron chi connectivity index (χ3n) is 3.12. The van der Waals surface area contributed by atoms with Gasteiger partial charge in [0, 0.05) is 11.0 Å². The molecule has 0 amide bonds. The molecule has 0 saturated heterocycles. The molecule has 0 aromatic heterocycles. The van der Waals surface area contributed by atoms with E-state index in [1.165, 1.54) is 19.3 Å². The fraction of sp³-hybridized carbons (Fsp3) is 0.600. The van der Waals surface area contributed by atoms with E-state index in [9.17, 15) is 8.42 Å². The minimum Gasteiger partial charge on any atom is -0.211 e. The van der Waals surface area contributed by atoms with E-state index in [2.05, 4.69) is 34.5 Å². The summed E-state index contributed by atoms with van der Waals surface area (Å²) < 4.78 is 27.5. The Morgan fingerprint density at radius 3 is 2.25 bits per heavy atom. The van der Waals surface area contributed by atoms with Crippen molar-refractivity contribution in [2.45, 2.75) is 50.8 Å². The molecule has 0 bridgehead atoms. The minimum absolute atomic E-state index is 0.320. The molecule has 5 heteroatoms. The zero-order valence-electron chi connectivity index (χ0n) is 12.2. The molecule has 114 valence electrons. The lowest BCUT2D eigenvalue weighted by molar-refractivity contribution is 0.517. The second kappa shape index (κ2) is 8.80. The summed E-state index contributed by atoms with van der Waals surface area (Å²) in [5, 5.41) is 0. The molecule has 0 atom stereocenters. The average molecular weight is 362 g/mol. The maximum Gasteiger partial charge on any atom is 0.240 e. The lowest BCUT2D eigenvalue weighted by Gasteiger charge is -2.07. The topological polar surface area (TPSA) is 46.2 Å². The molecule has 1 aromatic rings. The first kappa shape index (κ1) is 17.7. The van der Waals surface area contributed by atoms with Crippen LogP contribution in [0, 0.1) is 5.92 Å². The van der Waals surface area contributed by atoms with Gasteiger partial charge in [-0.25, -0.2) is 13.1 Å².